The number of aromatic nitrogens is 2. The van der Waals surface area contributed by atoms with E-state index in [-0.39, 0.29) is 10.9 Å². The van der Waals surface area contributed by atoms with Crippen molar-refractivity contribution in [2.24, 2.45) is 5.92 Å². The van der Waals surface area contributed by atoms with E-state index < -0.39 is 10.0 Å². The van der Waals surface area contributed by atoms with Crippen molar-refractivity contribution in [1.29, 1.82) is 0 Å². The maximum absolute atomic E-state index is 12.4. The largest absolute Gasteiger partial charge is 0.384 e. The lowest BCUT2D eigenvalue weighted by Crippen LogP contribution is -2.41. The van der Waals surface area contributed by atoms with Crippen molar-refractivity contribution in [2.45, 2.75) is 24.8 Å². The number of hydrogen-bond acceptors (Lipinski definition) is 4. The average molecular weight is 273 g/mol. The molecule has 0 radical (unpaired) electrons. The van der Waals surface area contributed by atoms with Gasteiger partial charge in [-0.15, -0.1) is 0 Å². The van der Waals surface area contributed by atoms with Crippen LogP contribution in [0, 0.1) is 12.8 Å². The molecule has 102 valence electrons. The molecule has 7 heteroatoms. The summed E-state index contributed by atoms with van der Waals surface area (Å²) in [6, 6.07) is 0. The number of rotatable bonds is 4. The van der Waals surface area contributed by atoms with Crippen LogP contribution in [-0.4, -0.2) is 49.5 Å². The summed E-state index contributed by atoms with van der Waals surface area (Å²) in [6.45, 7) is 3.44. The Morgan fingerprint density at radius 1 is 1.61 bits per heavy atom. The van der Waals surface area contributed by atoms with Crippen LogP contribution < -0.4 is 0 Å². The molecule has 0 aromatic carbocycles. The van der Waals surface area contributed by atoms with E-state index in [1.807, 2.05) is 0 Å². The van der Waals surface area contributed by atoms with Gasteiger partial charge >= 0.3 is 0 Å². The van der Waals surface area contributed by atoms with Crippen molar-refractivity contribution in [3.63, 3.8) is 0 Å². The molecule has 0 spiro atoms. The average Bonchev–Trinajstić information content (AvgIpc) is 2.77. The van der Waals surface area contributed by atoms with Gasteiger partial charge in [0, 0.05) is 20.2 Å². The molecule has 1 aliphatic rings. The highest BCUT2D eigenvalue weighted by Gasteiger charge is 2.31. The summed E-state index contributed by atoms with van der Waals surface area (Å²) in [4.78, 5) is 6.74. The summed E-state index contributed by atoms with van der Waals surface area (Å²) in [7, 11) is -1.79. The van der Waals surface area contributed by atoms with Crippen molar-refractivity contribution in [2.75, 3.05) is 26.8 Å². The lowest BCUT2D eigenvalue weighted by atomic mass is 10.0. The van der Waals surface area contributed by atoms with Gasteiger partial charge in [0.25, 0.3) is 10.0 Å². The summed E-state index contributed by atoms with van der Waals surface area (Å²) in [6.07, 6.45) is 3.27. The van der Waals surface area contributed by atoms with Gasteiger partial charge in [0.1, 0.15) is 5.82 Å². The Kier molecular flexibility index (Phi) is 4.04. The Balaban J connectivity index is 2.15. The van der Waals surface area contributed by atoms with Gasteiger partial charge in [0.05, 0.1) is 12.8 Å². The molecule has 0 bridgehead atoms. The van der Waals surface area contributed by atoms with E-state index in [0.29, 0.717) is 25.5 Å². The molecule has 1 fully saturated rings. The maximum atomic E-state index is 12.4. The lowest BCUT2D eigenvalue weighted by Gasteiger charge is -2.30. The predicted molar refractivity (Wildman–Crippen MR) is 66.7 cm³/mol. The number of imidazole rings is 1. The number of hydrogen-bond donors (Lipinski definition) is 1. The van der Waals surface area contributed by atoms with Crippen LogP contribution in [0.15, 0.2) is 11.2 Å². The third kappa shape index (κ3) is 2.73. The van der Waals surface area contributed by atoms with Gasteiger partial charge in [-0.25, -0.2) is 13.4 Å². The minimum atomic E-state index is -3.43. The number of H-pyrrole nitrogens is 1. The molecule has 1 N–H and O–H groups in total. The lowest BCUT2D eigenvalue weighted by molar-refractivity contribution is 0.118. The number of nitrogens with one attached hydrogen (secondary N) is 1. The number of piperidine rings is 1. The third-order valence-corrected chi connectivity index (χ3v) is 4.96. The van der Waals surface area contributed by atoms with Crippen LogP contribution in [0.2, 0.25) is 0 Å². The van der Waals surface area contributed by atoms with E-state index in [2.05, 4.69) is 9.97 Å². The zero-order valence-electron chi connectivity index (χ0n) is 10.7. The fraction of sp³-hybridized carbons (Fsp3) is 0.727. The number of aryl methyl sites for hydroxylation is 1. The Hall–Kier alpha value is -0.920. The highest BCUT2D eigenvalue weighted by atomic mass is 32.2. The van der Waals surface area contributed by atoms with E-state index >= 15 is 0 Å². The Morgan fingerprint density at radius 3 is 3.00 bits per heavy atom. The first-order valence-electron chi connectivity index (χ1n) is 6.04. The number of ether oxygens (including phenoxy) is 1. The van der Waals surface area contributed by atoms with Gasteiger partial charge in [-0.2, -0.15) is 4.31 Å². The normalized spacial score (nSPS) is 22.2. The molecule has 2 heterocycles. The van der Waals surface area contributed by atoms with Gasteiger partial charge in [0.2, 0.25) is 0 Å². The van der Waals surface area contributed by atoms with Gasteiger partial charge in [0.15, 0.2) is 5.03 Å². The van der Waals surface area contributed by atoms with E-state index in [1.54, 1.807) is 14.0 Å². The van der Waals surface area contributed by atoms with Crippen LogP contribution in [0.4, 0.5) is 0 Å². The molecule has 0 saturated carbocycles. The van der Waals surface area contributed by atoms with Gasteiger partial charge in [-0.3, -0.25) is 0 Å². The number of sulfonamides is 1. The van der Waals surface area contributed by atoms with Crippen LogP contribution in [0.5, 0.6) is 0 Å². The molecular weight excluding hydrogens is 254 g/mol. The van der Waals surface area contributed by atoms with Crippen molar-refractivity contribution in [1.82, 2.24) is 14.3 Å². The summed E-state index contributed by atoms with van der Waals surface area (Å²) in [5.74, 6) is 0.890. The monoisotopic (exact) mass is 273 g/mol. The molecule has 1 atom stereocenters. The second-order valence-corrected chi connectivity index (χ2v) is 6.57. The molecule has 1 saturated heterocycles. The van der Waals surface area contributed by atoms with Crippen molar-refractivity contribution in [3.8, 4) is 0 Å². The molecule has 2 rings (SSSR count). The first-order valence-corrected chi connectivity index (χ1v) is 7.48. The Labute approximate surface area is 107 Å². The minimum Gasteiger partial charge on any atom is -0.384 e. The molecule has 0 amide bonds. The summed E-state index contributed by atoms with van der Waals surface area (Å²) in [5, 5.41) is 0.179. The van der Waals surface area contributed by atoms with Gasteiger partial charge in [-0.05, 0) is 25.7 Å². The van der Waals surface area contributed by atoms with Crippen molar-refractivity contribution in [3.05, 3.63) is 12.0 Å². The van der Waals surface area contributed by atoms with Crippen LogP contribution in [-0.2, 0) is 14.8 Å². The Bertz CT molecular complexity index is 495. The van der Waals surface area contributed by atoms with E-state index in [0.717, 1.165) is 12.8 Å². The molecule has 6 nitrogen and oxygen atoms in total. The number of methoxy groups -OCH3 is 1. The first-order chi connectivity index (χ1) is 8.54. The summed E-state index contributed by atoms with van der Waals surface area (Å²) >= 11 is 0. The minimum absolute atomic E-state index is 0.179. The molecule has 18 heavy (non-hydrogen) atoms. The molecule has 1 unspecified atom stereocenters. The topological polar surface area (TPSA) is 75.3 Å². The van der Waals surface area contributed by atoms with Crippen LogP contribution in [0.3, 0.4) is 0 Å². The smallest absolute Gasteiger partial charge is 0.260 e. The molecule has 1 aromatic rings. The van der Waals surface area contributed by atoms with Crippen molar-refractivity contribution < 1.29 is 13.2 Å². The standard InChI is InChI=1S/C11H19N3O3S/c1-9-12-6-11(13-9)18(15,16)14-5-3-4-10(7-14)8-17-2/h6,10H,3-5,7-8H2,1-2H3,(H,12,13). The SMILES string of the molecule is COCC1CCCN(S(=O)(=O)c2cnc(C)[nH]2)C1. The van der Waals surface area contributed by atoms with Crippen LogP contribution >= 0.6 is 0 Å². The molecule has 1 aromatic heterocycles. The van der Waals surface area contributed by atoms with Crippen molar-refractivity contribution >= 4 is 10.0 Å². The highest BCUT2D eigenvalue weighted by molar-refractivity contribution is 7.89. The fourth-order valence-electron chi connectivity index (χ4n) is 2.29. The van der Waals surface area contributed by atoms with E-state index in [1.165, 1.54) is 10.5 Å². The maximum Gasteiger partial charge on any atom is 0.260 e. The Morgan fingerprint density at radius 2 is 2.39 bits per heavy atom. The zero-order chi connectivity index (χ0) is 13.2. The summed E-state index contributed by atoms with van der Waals surface area (Å²) in [5.41, 5.74) is 0. The van der Waals surface area contributed by atoms with E-state index in [4.69, 9.17) is 4.74 Å². The molecular formula is C11H19N3O3S. The summed E-state index contributed by atoms with van der Waals surface area (Å²) < 4.78 is 31.4. The second-order valence-electron chi connectivity index (χ2n) is 4.66. The van der Waals surface area contributed by atoms with E-state index in [9.17, 15) is 8.42 Å². The van der Waals surface area contributed by atoms with Gasteiger partial charge < -0.3 is 9.72 Å². The fourth-order valence-corrected chi connectivity index (χ4v) is 3.80. The number of aromatic amines is 1. The van der Waals surface area contributed by atoms with Crippen LogP contribution in [0.1, 0.15) is 18.7 Å². The quantitative estimate of drug-likeness (QED) is 0.879. The molecule has 0 aliphatic carbocycles. The second kappa shape index (κ2) is 5.38. The zero-order valence-corrected chi connectivity index (χ0v) is 11.5. The molecule has 1 aliphatic heterocycles. The first kappa shape index (κ1) is 13.5. The highest BCUT2D eigenvalue weighted by Crippen LogP contribution is 2.22. The third-order valence-electron chi connectivity index (χ3n) is 3.18. The predicted octanol–water partition coefficient (Wildman–Crippen LogP) is 0.765. The number of nitrogens with zero attached hydrogens (tertiary/aromatic N) is 2. The van der Waals surface area contributed by atoms with Crippen LogP contribution in [0.25, 0.3) is 0 Å². The van der Waals surface area contributed by atoms with Gasteiger partial charge in [-0.1, -0.05) is 0 Å².